The molecule has 2 heterocycles. The molecule has 0 fully saturated rings. The van der Waals surface area contributed by atoms with Gasteiger partial charge in [-0.05, 0) is 76.5 Å². The summed E-state index contributed by atoms with van der Waals surface area (Å²) < 4.78 is 7.68. The number of aromatic nitrogens is 1. The Kier molecular flexibility index (Phi) is 7.25. The van der Waals surface area contributed by atoms with Gasteiger partial charge in [-0.1, -0.05) is 53.3 Å². The zero-order valence-corrected chi connectivity index (χ0v) is 23.4. The first-order valence-corrected chi connectivity index (χ1v) is 13.5. The lowest BCUT2D eigenvalue weighted by Gasteiger charge is -2.25. The summed E-state index contributed by atoms with van der Waals surface area (Å²) >= 11 is 10.6. The quantitative estimate of drug-likeness (QED) is 0.333. The van der Waals surface area contributed by atoms with Gasteiger partial charge in [-0.15, -0.1) is 0 Å². The Balaban J connectivity index is 1.68. The predicted molar refractivity (Wildman–Crippen MR) is 153 cm³/mol. The van der Waals surface area contributed by atoms with Gasteiger partial charge < -0.3 is 15.2 Å². The Morgan fingerprint density at radius 1 is 1.18 bits per heavy atom. The van der Waals surface area contributed by atoms with Gasteiger partial charge in [0.1, 0.15) is 11.5 Å². The SMILES string of the molecule is COc1ccc(C2C(C(=O)Nc3ccccc3)=C(C)N=c3sc(=Cc4cc(Cl)c(O)c(Br)c4)c(=O)n32)cc1. The summed E-state index contributed by atoms with van der Waals surface area (Å²) in [5.74, 6) is 0.239. The zero-order chi connectivity index (χ0) is 27.0. The third kappa shape index (κ3) is 4.92. The fourth-order valence-electron chi connectivity index (χ4n) is 4.25. The number of nitrogens with zero attached hydrogens (tertiary/aromatic N) is 2. The summed E-state index contributed by atoms with van der Waals surface area (Å²) in [5.41, 5.74) is 2.59. The standard InChI is InChI=1S/C28H21BrClN3O4S/c1-15-23(26(35)32-18-6-4-3-5-7-18)24(17-8-10-19(37-2)11-9-17)33-27(36)22(38-28(33)31-15)14-16-12-20(29)25(34)21(30)13-16/h3-14,24,34H,1-2H3,(H,32,35). The Morgan fingerprint density at radius 3 is 2.55 bits per heavy atom. The molecule has 0 bridgehead atoms. The summed E-state index contributed by atoms with van der Waals surface area (Å²) in [6.45, 7) is 1.77. The smallest absolute Gasteiger partial charge is 0.271 e. The molecule has 10 heteroatoms. The lowest BCUT2D eigenvalue weighted by Crippen LogP contribution is -2.40. The first kappa shape index (κ1) is 26.0. The van der Waals surface area contributed by atoms with E-state index in [0.29, 0.717) is 42.1 Å². The minimum absolute atomic E-state index is 0.0746. The number of ether oxygens (including phenoxy) is 1. The number of halogens is 2. The molecular weight excluding hydrogens is 590 g/mol. The van der Waals surface area contributed by atoms with Gasteiger partial charge in [-0.3, -0.25) is 14.2 Å². The number of aromatic hydroxyl groups is 1. The van der Waals surface area contributed by atoms with Gasteiger partial charge in [-0.25, -0.2) is 4.99 Å². The predicted octanol–water partition coefficient (Wildman–Crippen LogP) is 5.00. The third-order valence-electron chi connectivity index (χ3n) is 6.07. The van der Waals surface area contributed by atoms with Crippen LogP contribution in [0.1, 0.15) is 24.1 Å². The van der Waals surface area contributed by atoms with Gasteiger partial charge in [0.25, 0.3) is 11.5 Å². The number of nitrogens with one attached hydrogen (secondary N) is 1. The van der Waals surface area contributed by atoms with Crippen molar-refractivity contribution >= 4 is 56.5 Å². The average Bonchev–Trinajstić information content (AvgIpc) is 3.21. The van der Waals surface area contributed by atoms with Crippen LogP contribution >= 0.6 is 38.9 Å². The molecule has 5 rings (SSSR count). The lowest BCUT2D eigenvalue weighted by molar-refractivity contribution is -0.113. The van der Waals surface area contributed by atoms with Crippen molar-refractivity contribution in [2.45, 2.75) is 13.0 Å². The fraction of sp³-hybridized carbons (Fsp3) is 0.107. The number of hydrogen-bond donors (Lipinski definition) is 2. The van der Waals surface area contributed by atoms with Gasteiger partial charge in [0.15, 0.2) is 4.80 Å². The summed E-state index contributed by atoms with van der Waals surface area (Å²) in [6.07, 6.45) is 1.69. The summed E-state index contributed by atoms with van der Waals surface area (Å²) in [6, 6.07) is 18.9. The molecule has 4 aromatic rings. The van der Waals surface area contributed by atoms with Crippen LogP contribution in [0.5, 0.6) is 11.5 Å². The van der Waals surface area contributed by atoms with Gasteiger partial charge in [0.2, 0.25) is 0 Å². The number of amides is 1. The van der Waals surface area contributed by atoms with E-state index in [4.69, 9.17) is 16.3 Å². The van der Waals surface area contributed by atoms with Crippen molar-refractivity contribution in [2.75, 3.05) is 12.4 Å². The molecule has 0 spiro atoms. The number of methoxy groups -OCH3 is 1. The van der Waals surface area contributed by atoms with E-state index >= 15 is 0 Å². The van der Waals surface area contributed by atoms with Crippen LogP contribution in [0.25, 0.3) is 6.08 Å². The first-order chi connectivity index (χ1) is 18.3. The van der Waals surface area contributed by atoms with Crippen LogP contribution in [0.4, 0.5) is 5.69 Å². The lowest BCUT2D eigenvalue weighted by atomic mass is 9.95. The number of allylic oxidation sites excluding steroid dienone is 1. The molecule has 0 saturated heterocycles. The van der Waals surface area contributed by atoms with Crippen LogP contribution in [0, 0.1) is 0 Å². The van der Waals surface area contributed by atoms with Crippen molar-refractivity contribution in [3.63, 3.8) is 0 Å². The number of thiazole rings is 1. The van der Waals surface area contributed by atoms with Gasteiger partial charge >= 0.3 is 0 Å². The third-order valence-corrected chi connectivity index (χ3v) is 7.94. The van der Waals surface area contributed by atoms with Crippen LogP contribution in [0.3, 0.4) is 0 Å². The largest absolute Gasteiger partial charge is 0.505 e. The Labute approximate surface area is 235 Å². The van der Waals surface area contributed by atoms with E-state index in [2.05, 4.69) is 26.2 Å². The molecule has 1 atom stereocenters. The highest BCUT2D eigenvalue weighted by Gasteiger charge is 2.32. The topological polar surface area (TPSA) is 92.9 Å². The average molecular weight is 611 g/mol. The second-order valence-corrected chi connectivity index (χ2v) is 10.8. The molecule has 0 aliphatic carbocycles. The van der Waals surface area contributed by atoms with E-state index in [-0.39, 0.29) is 22.2 Å². The highest BCUT2D eigenvalue weighted by molar-refractivity contribution is 9.10. The number of anilines is 1. The van der Waals surface area contributed by atoms with E-state index in [1.807, 2.05) is 30.3 Å². The number of rotatable bonds is 5. The van der Waals surface area contributed by atoms with E-state index in [1.54, 1.807) is 61.1 Å². The maximum Gasteiger partial charge on any atom is 0.271 e. The highest BCUT2D eigenvalue weighted by Crippen LogP contribution is 2.34. The van der Waals surface area contributed by atoms with E-state index in [0.717, 1.165) is 5.56 Å². The Morgan fingerprint density at radius 2 is 1.89 bits per heavy atom. The number of phenols is 1. The number of para-hydroxylation sites is 1. The molecule has 1 aliphatic rings. The van der Waals surface area contributed by atoms with Crippen molar-refractivity contribution in [1.82, 2.24) is 4.57 Å². The number of fused-ring (bicyclic) bond motifs is 1. The van der Waals surface area contributed by atoms with Gasteiger partial charge in [0.05, 0.1) is 38.4 Å². The minimum atomic E-state index is -0.710. The number of benzene rings is 3. The fourth-order valence-corrected chi connectivity index (χ4v) is 6.12. The van der Waals surface area contributed by atoms with Crippen LogP contribution in [0.15, 0.2) is 92.3 Å². The first-order valence-electron chi connectivity index (χ1n) is 11.5. The molecule has 1 unspecified atom stereocenters. The van der Waals surface area contributed by atoms with Crippen LogP contribution in [0.2, 0.25) is 5.02 Å². The molecule has 38 heavy (non-hydrogen) atoms. The maximum atomic E-state index is 13.8. The van der Waals surface area contributed by atoms with Gasteiger partial charge in [0, 0.05) is 5.69 Å². The number of hydrogen-bond acceptors (Lipinski definition) is 6. The molecule has 192 valence electrons. The Hall–Kier alpha value is -3.66. The summed E-state index contributed by atoms with van der Waals surface area (Å²) in [4.78, 5) is 32.5. The minimum Gasteiger partial charge on any atom is -0.505 e. The molecule has 0 radical (unpaired) electrons. The second kappa shape index (κ2) is 10.6. The molecule has 1 aliphatic heterocycles. The summed E-state index contributed by atoms with van der Waals surface area (Å²) in [5, 5.41) is 13.1. The molecule has 2 N–H and O–H groups in total. The molecule has 0 saturated carbocycles. The monoisotopic (exact) mass is 609 g/mol. The van der Waals surface area contributed by atoms with E-state index in [9.17, 15) is 14.7 Å². The van der Waals surface area contributed by atoms with Crippen molar-refractivity contribution in [3.8, 4) is 11.5 Å². The molecule has 7 nitrogen and oxygen atoms in total. The van der Waals surface area contributed by atoms with Crippen molar-refractivity contribution in [3.05, 3.63) is 118 Å². The molecular formula is C28H21BrClN3O4S. The highest BCUT2D eigenvalue weighted by atomic mass is 79.9. The van der Waals surface area contributed by atoms with Crippen LogP contribution < -0.4 is 24.9 Å². The van der Waals surface area contributed by atoms with Crippen molar-refractivity contribution < 1.29 is 14.6 Å². The molecule has 1 aromatic heterocycles. The molecule has 3 aromatic carbocycles. The van der Waals surface area contributed by atoms with Crippen LogP contribution in [-0.2, 0) is 4.79 Å². The maximum absolute atomic E-state index is 13.8. The zero-order valence-electron chi connectivity index (χ0n) is 20.2. The second-order valence-electron chi connectivity index (χ2n) is 8.51. The Bertz CT molecular complexity index is 1740. The molecule has 1 amide bonds. The van der Waals surface area contributed by atoms with Crippen LogP contribution in [-0.4, -0.2) is 22.7 Å². The number of carbonyl (C=O) groups is 1. The normalized spacial score (nSPS) is 15.2. The van der Waals surface area contributed by atoms with E-state index in [1.165, 1.54) is 11.3 Å². The van der Waals surface area contributed by atoms with Crippen molar-refractivity contribution in [2.24, 2.45) is 4.99 Å². The number of phenolic OH excluding ortho intramolecular Hbond substituents is 1. The number of carbonyl (C=O) groups excluding carboxylic acids is 1. The van der Waals surface area contributed by atoms with Gasteiger partial charge in [-0.2, -0.15) is 0 Å². The van der Waals surface area contributed by atoms with Crippen molar-refractivity contribution in [1.29, 1.82) is 0 Å². The van der Waals surface area contributed by atoms with E-state index < -0.39 is 6.04 Å². The summed E-state index contributed by atoms with van der Waals surface area (Å²) in [7, 11) is 1.58.